The molecular weight excluding hydrogens is 254 g/mol. The molecule has 1 saturated heterocycles. The van der Waals surface area contributed by atoms with Gasteiger partial charge in [-0.15, -0.1) is 0 Å². The predicted molar refractivity (Wildman–Crippen MR) is 79.0 cm³/mol. The van der Waals surface area contributed by atoms with E-state index >= 15 is 0 Å². The van der Waals surface area contributed by atoms with E-state index in [0.717, 1.165) is 30.9 Å². The SMILES string of the molecule is CCCCC(=O)Nc1ccc(OC(C)(C)C2CO2)cc1. The minimum absolute atomic E-state index is 0.0622. The number of hydrogen-bond acceptors (Lipinski definition) is 3. The molecule has 1 fully saturated rings. The second-order valence-electron chi connectivity index (χ2n) is 5.70. The normalized spacial score (nSPS) is 17.6. The lowest BCUT2D eigenvalue weighted by molar-refractivity contribution is -0.116. The summed E-state index contributed by atoms with van der Waals surface area (Å²) in [6.45, 7) is 6.87. The van der Waals surface area contributed by atoms with Gasteiger partial charge in [-0.05, 0) is 44.5 Å². The van der Waals surface area contributed by atoms with Gasteiger partial charge >= 0.3 is 0 Å². The second kappa shape index (κ2) is 6.27. The summed E-state index contributed by atoms with van der Waals surface area (Å²) < 4.78 is 11.2. The van der Waals surface area contributed by atoms with Crippen LogP contribution in [0.25, 0.3) is 0 Å². The molecule has 1 unspecified atom stereocenters. The van der Waals surface area contributed by atoms with Crippen molar-refractivity contribution in [3.63, 3.8) is 0 Å². The summed E-state index contributed by atoms with van der Waals surface area (Å²) in [5, 5.41) is 2.88. The molecule has 110 valence electrons. The van der Waals surface area contributed by atoms with E-state index in [9.17, 15) is 4.79 Å². The lowest BCUT2D eigenvalue weighted by Gasteiger charge is -2.24. The maximum atomic E-state index is 11.6. The van der Waals surface area contributed by atoms with E-state index in [0.29, 0.717) is 6.42 Å². The Morgan fingerprint density at radius 3 is 2.60 bits per heavy atom. The molecule has 1 heterocycles. The third kappa shape index (κ3) is 4.23. The highest BCUT2D eigenvalue weighted by Gasteiger charge is 2.41. The van der Waals surface area contributed by atoms with Crippen LogP contribution in [0.15, 0.2) is 24.3 Å². The van der Waals surface area contributed by atoms with Gasteiger partial charge in [-0.1, -0.05) is 13.3 Å². The Morgan fingerprint density at radius 2 is 2.05 bits per heavy atom. The number of hydrogen-bond donors (Lipinski definition) is 1. The molecule has 1 aliphatic rings. The van der Waals surface area contributed by atoms with Crippen LogP contribution in [0, 0.1) is 0 Å². The molecular formula is C16H23NO3. The van der Waals surface area contributed by atoms with E-state index in [-0.39, 0.29) is 17.6 Å². The quantitative estimate of drug-likeness (QED) is 0.777. The van der Waals surface area contributed by atoms with Gasteiger partial charge in [-0.25, -0.2) is 0 Å². The average molecular weight is 277 g/mol. The number of anilines is 1. The molecule has 1 atom stereocenters. The van der Waals surface area contributed by atoms with Crippen molar-refractivity contribution in [2.24, 2.45) is 0 Å². The highest BCUT2D eigenvalue weighted by molar-refractivity contribution is 5.90. The van der Waals surface area contributed by atoms with Crippen LogP contribution < -0.4 is 10.1 Å². The number of rotatable bonds is 7. The Bertz CT molecular complexity index is 449. The fourth-order valence-electron chi connectivity index (χ4n) is 1.99. The number of epoxide rings is 1. The third-order valence-corrected chi connectivity index (χ3v) is 3.39. The minimum Gasteiger partial charge on any atom is -0.485 e. The van der Waals surface area contributed by atoms with Crippen LogP contribution in [-0.4, -0.2) is 24.2 Å². The van der Waals surface area contributed by atoms with Crippen LogP contribution in [-0.2, 0) is 9.53 Å². The Morgan fingerprint density at radius 1 is 1.40 bits per heavy atom. The van der Waals surface area contributed by atoms with Crippen molar-refractivity contribution in [2.75, 3.05) is 11.9 Å². The lowest BCUT2D eigenvalue weighted by atomic mass is 10.1. The van der Waals surface area contributed by atoms with E-state index in [1.807, 2.05) is 38.1 Å². The molecule has 1 aliphatic heterocycles. The zero-order valence-electron chi connectivity index (χ0n) is 12.4. The minimum atomic E-state index is -0.314. The van der Waals surface area contributed by atoms with Crippen LogP contribution in [0.2, 0.25) is 0 Å². The van der Waals surface area contributed by atoms with E-state index in [2.05, 4.69) is 12.2 Å². The topological polar surface area (TPSA) is 50.9 Å². The number of carbonyl (C=O) groups is 1. The molecule has 0 aliphatic carbocycles. The summed E-state index contributed by atoms with van der Waals surface area (Å²) >= 11 is 0. The van der Waals surface area contributed by atoms with Gasteiger partial charge in [0.15, 0.2) is 0 Å². The van der Waals surface area contributed by atoms with Crippen molar-refractivity contribution in [3.05, 3.63) is 24.3 Å². The average Bonchev–Trinajstić information content (AvgIpc) is 3.23. The molecule has 4 heteroatoms. The van der Waals surface area contributed by atoms with Gasteiger partial charge in [0.25, 0.3) is 0 Å². The van der Waals surface area contributed by atoms with E-state index < -0.39 is 0 Å². The predicted octanol–water partition coefficient (Wildman–Crippen LogP) is 3.37. The van der Waals surface area contributed by atoms with E-state index in [4.69, 9.17) is 9.47 Å². The van der Waals surface area contributed by atoms with Gasteiger partial charge in [0.2, 0.25) is 5.91 Å². The third-order valence-electron chi connectivity index (χ3n) is 3.39. The fraction of sp³-hybridized carbons (Fsp3) is 0.562. The Labute approximate surface area is 120 Å². The Kier molecular flexibility index (Phi) is 4.65. The van der Waals surface area contributed by atoms with Gasteiger partial charge in [0.1, 0.15) is 17.5 Å². The van der Waals surface area contributed by atoms with Crippen LogP contribution in [0.1, 0.15) is 40.0 Å². The van der Waals surface area contributed by atoms with E-state index in [1.54, 1.807) is 0 Å². The van der Waals surface area contributed by atoms with Gasteiger partial charge in [0.05, 0.1) is 6.61 Å². The molecule has 0 radical (unpaired) electrons. The summed E-state index contributed by atoms with van der Waals surface area (Å²) in [5.41, 5.74) is 0.491. The molecule has 20 heavy (non-hydrogen) atoms. The van der Waals surface area contributed by atoms with Crippen molar-refractivity contribution in [1.82, 2.24) is 0 Å². The fourth-order valence-corrected chi connectivity index (χ4v) is 1.99. The van der Waals surface area contributed by atoms with Gasteiger partial charge < -0.3 is 14.8 Å². The summed E-state index contributed by atoms with van der Waals surface area (Å²) in [5.74, 6) is 0.851. The highest BCUT2D eigenvalue weighted by atomic mass is 16.6. The summed E-state index contributed by atoms with van der Waals surface area (Å²) in [6.07, 6.45) is 2.69. The van der Waals surface area contributed by atoms with Crippen molar-refractivity contribution in [2.45, 2.75) is 51.7 Å². The number of unbranched alkanes of at least 4 members (excludes halogenated alkanes) is 1. The Balaban J connectivity index is 1.87. The smallest absolute Gasteiger partial charge is 0.224 e. The molecule has 0 aromatic heterocycles. The zero-order chi connectivity index (χ0) is 14.6. The largest absolute Gasteiger partial charge is 0.485 e. The molecule has 0 bridgehead atoms. The van der Waals surface area contributed by atoms with Crippen LogP contribution in [0.4, 0.5) is 5.69 Å². The first-order chi connectivity index (χ1) is 9.51. The standard InChI is InChI=1S/C16H23NO3/c1-4-5-6-15(18)17-12-7-9-13(10-8-12)20-16(2,3)14-11-19-14/h7-10,14H,4-6,11H2,1-3H3,(H,17,18). The van der Waals surface area contributed by atoms with Gasteiger partial charge in [-0.3, -0.25) is 4.79 Å². The first kappa shape index (κ1) is 14.9. The number of nitrogens with one attached hydrogen (secondary N) is 1. The zero-order valence-corrected chi connectivity index (χ0v) is 12.4. The molecule has 1 N–H and O–H groups in total. The van der Waals surface area contributed by atoms with E-state index in [1.165, 1.54) is 0 Å². The molecule has 1 aromatic carbocycles. The van der Waals surface area contributed by atoms with Crippen molar-refractivity contribution >= 4 is 11.6 Å². The van der Waals surface area contributed by atoms with Crippen molar-refractivity contribution in [1.29, 1.82) is 0 Å². The van der Waals surface area contributed by atoms with Crippen LogP contribution in [0.3, 0.4) is 0 Å². The van der Waals surface area contributed by atoms with Crippen LogP contribution in [0.5, 0.6) is 5.75 Å². The number of carbonyl (C=O) groups excluding carboxylic acids is 1. The Hall–Kier alpha value is -1.55. The summed E-state index contributed by atoms with van der Waals surface area (Å²) in [7, 11) is 0. The first-order valence-corrected chi connectivity index (χ1v) is 7.22. The number of benzene rings is 1. The maximum absolute atomic E-state index is 11.6. The lowest BCUT2D eigenvalue weighted by Crippen LogP contribution is -2.34. The summed E-state index contributed by atoms with van der Waals surface area (Å²) in [6, 6.07) is 7.48. The molecule has 0 spiro atoms. The van der Waals surface area contributed by atoms with Crippen molar-refractivity contribution in [3.8, 4) is 5.75 Å². The second-order valence-corrected chi connectivity index (χ2v) is 5.70. The molecule has 4 nitrogen and oxygen atoms in total. The van der Waals surface area contributed by atoms with Gasteiger partial charge in [-0.2, -0.15) is 0 Å². The highest BCUT2D eigenvalue weighted by Crippen LogP contribution is 2.30. The number of ether oxygens (including phenoxy) is 2. The molecule has 1 amide bonds. The maximum Gasteiger partial charge on any atom is 0.224 e. The molecule has 1 aromatic rings. The first-order valence-electron chi connectivity index (χ1n) is 7.22. The molecule has 0 saturated carbocycles. The molecule has 2 rings (SSSR count). The van der Waals surface area contributed by atoms with Gasteiger partial charge in [0, 0.05) is 12.1 Å². The summed E-state index contributed by atoms with van der Waals surface area (Å²) in [4.78, 5) is 11.6. The number of amides is 1. The van der Waals surface area contributed by atoms with Crippen molar-refractivity contribution < 1.29 is 14.3 Å². The monoisotopic (exact) mass is 277 g/mol. The van der Waals surface area contributed by atoms with Crippen LogP contribution >= 0.6 is 0 Å².